The van der Waals surface area contributed by atoms with Gasteiger partial charge in [-0.25, -0.2) is 4.79 Å². The standard InChI is InChI=1S/C19H32N4O4/c1-6-22-16-14(20)11-13(17(21)24)12-15(16)26-10-8-7-9-23(5)18(25)27-19(2,3)4/h11-12,22H,6-10,20H2,1-5H3,(H2,21,24). The van der Waals surface area contributed by atoms with Gasteiger partial charge in [-0.1, -0.05) is 0 Å². The lowest BCUT2D eigenvalue weighted by atomic mass is 10.1. The first-order valence-corrected chi connectivity index (χ1v) is 9.09. The number of hydrogen-bond acceptors (Lipinski definition) is 6. The number of nitrogens with one attached hydrogen (secondary N) is 1. The number of primary amides is 1. The molecule has 0 atom stereocenters. The highest BCUT2D eigenvalue weighted by molar-refractivity contribution is 5.96. The summed E-state index contributed by atoms with van der Waals surface area (Å²) in [5.41, 5.74) is 12.2. The molecule has 152 valence electrons. The second-order valence-electron chi connectivity index (χ2n) is 7.29. The molecule has 0 bridgehead atoms. The number of anilines is 2. The van der Waals surface area contributed by atoms with Crippen molar-refractivity contribution in [2.45, 2.75) is 46.1 Å². The molecule has 0 aliphatic rings. The van der Waals surface area contributed by atoms with Gasteiger partial charge < -0.3 is 31.2 Å². The summed E-state index contributed by atoms with van der Waals surface area (Å²) in [6.45, 7) is 9.08. The Balaban J connectivity index is 2.56. The number of nitrogen functional groups attached to an aromatic ring is 1. The molecular weight excluding hydrogens is 348 g/mol. The van der Waals surface area contributed by atoms with Crippen molar-refractivity contribution in [2.75, 3.05) is 37.8 Å². The first kappa shape index (κ1) is 22.4. The van der Waals surface area contributed by atoms with Crippen molar-refractivity contribution in [2.24, 2.45) is 5.73 Å². The molecule has 0 fully saturated rings. The van der Waals surface area contributed by atoms with Crippen LogP contribution in [-0.2, 0) is 4.74 Å². The van der Waals surface area contributed by atoms with Crippen molar-refractivity contribution in [1.82, 2.24) is 4.90 Å². The van der Waals surface area contributed by atoms with Gasteiger partial charge in [0.05, 0.1) is 12.3 Å². The maximum absolute atomic E-state index is 11.9. The lowest BCUT2D eigenvalue weighted by Gasteiger charge is -2.24. The molecule has 27 heavy (non-hydrogen) atoms. The van der Waals surface area contributed by atoms with Crippen molar-refractivity contribution in [3.05, 3.63) is 17.7 Å². The second-order valence-corrected chi connectivity index (χ2v) is 7.29. The van der Waals surface area contributed by atoms with Gasteiger partial charge in [-0.2, -0.15) is 0 Å². The van der Waals surface area contributed by atoms with Gasteiger partial charge in [-0.3, -0.25) is 4.79 Å². The van der Waals surface area contributed by atoms with E-state index in [1.807, 2.05) is 27.7 Å². The number of nitrogens with two attached hydrogens (primary N) is 2. The summed E-state index contributed by atoms with van der Waals surface area (Å²) in [4.78, 5) is 24.9. The van der Waals surface area contributed by atoms with Crippen LogP contribution in [0, 0.1) is 0 Å². The highest BCUT2D eigenvalue weighted by Crippen LogP contribution is 2.32. The normalized spacial score (nSPS) is 11.0. The molecule has 1 aromatic carbocycles. The van der Waals surface area contributed by atoms with Crippen LogP contribution >= 0.6 is 0 Å². The van der Waals surface area contributed by atoms with Gasteiger partial charge in [0.15, 0.2) is 0 Å². The van der Waals surface area contributed by atoms with Gasteiger partial charge in [0, 0.05) is 25.7 Å². The van der Waals surface area contributed by atoms with E-state index in [1.54, 1.807) is 18.0 Å². The highest BCUT2D eigenvalue weighted by Gasteiger charge is 2.19. The Labute approximate surface area is 161 Å². The lowest BCUT2D eigenvalue weighted by molar-refractivity contribution is 0.0294. The number of benzene rings is 1. The third-order valence-electron chi connectivity index (χ3n) is 3.62. The van der Waals surface area contributed by atoms with Crippen LogP contribution in [0.25, 0.3) is 0 Å². The predicted octanol–water partition coefficient (Wildman–Crippen LogP) is 2.83. The Kier molecular flexibility index (Phi) is 8.21. The van der Waals surface area contributed by atoms with Crippen molar-refractivity contribution in [3.63, 3.8) is 0 Å². The van der Waals surface area contributed by atoms with Crippen LogP contribution in [0.15, 0.2) is 12.1 Å². The third-order valence-corrected chi connectivity index (χ3v) is 3.62. The smallest absolute Gasteiger partial charge is 0.410 e. The van der Waals surface area contributed by atoms with Crippen LogP contribution in [0.5, 0.6) is 5.75 Å². The van der Waals surface area contributed by atoms with Gasteiger partial charge >= 0.3 is 6.09 Å². The summed E-state index contributed by atoms with van der Waals surface area (Å²) in [5.74, 6) is -0.0697. The molecule has 8 heteroatoms. The van der Waals surface area contributed by atoms with Gasteiger partial charge in [0.2, 0.25) is 5.91 Å². The van der Waals surface area contributed by atoms with E-state index < -0.39 is 11.5 Å². The molecule has 0 heterocycles. The van der Waals surface area contributed by atoms with Crippen molar-refractivity contribution < 1.29 is 19.1 Å². The number of carbonyl (C=O) groups is 2. The van der Waals surface area contributed by atoms with E-state index in [1.165, 1.54) is 6.07 Å². The molecule has 0 aromatic heterocycles. The van der Waals surface area contributed by atoms with E-state index in [2.05, 4.69) is 5.32 Å². The second kappa shape index (κ2) is 9.89. The fourth-order valence-electron chi connectivity index (χ4n) is 2.32. The SMILES string of the molecule is CCNc1c(N)cc(C(N)=O)cc1OCCCCN(C)C(=O)OC(C)(C)C. The fourth-order valence-corrected chi connectivity index (χ4v) is 2.32. The summed E-state index contributed by atoms with van der Waals surface area (Å²) in [6, 6.07) is 3.12. The zero-order chi connectivity index (χ0) is 20.6. The van der Waals surface area contributed by atoms with Crippen LogP contribution in [0.1, 0.15) is 50.9 Å². The Bertz CT molecular complexity index is 656. The molecule has 8 nitrogen and oxygen atoms in total. The molecule has 0 aliphatic carbocycles. The Morgan fingerprint density at radius 2 is 1.89 bits per heavy atom. The predicted molar refractivity (Wildman–Crippen MR) is 107 cm³/mol. The number of nitrogens with zero attached hydrogens (tertiary/aromatic N) is 1. The first-order chi connectivity index (χ1) is 12.5. The van der Waals surface area contributed by atoms with Gasteiger partial charge in [-0.05, 0) is 52.7 Å². The van der Waals surface area contributed by atoms with Crippen molar-refractivity contribution >= 4 is 23.4 Å². The number of carbonyl (C=O) groups excluding carboxylic acids is 2. The summed E-state index contributed by atoms with van der Waals surface area (Å²) in [7, 11) is 1.70. The molecule has 0 aliphatic heterocycles. The zero-order valence-electron chi connectivity index (χ0n) is 16.9. The summed E-state index contributed by atoms with van der Waals surface area (Å²) < 4.78 is 11.1. The number of hydrogen-bond donors (Lipinski definition) is 3. The Morgan fingerprint density at radius 1 is 1.22 bits per heavy atom. The average molecular weight is 380 g/mol. The van der Waals surface area contributed by atoms with Crippen molar-refractivity contribution in [1.29, 1.82) is 0 Å². The molecule has 5 N–H and O–H groups in total. The molecule has 2 amide bonds. The molecule has 1 aromatic rings. The van der Waals surface area contributed by atoms with E-state index in [9.17, 15) is 9.59 Å². The molecule has 0 radical (unpaired) electrons. The number of ether oxygens (including phenoxy) is 2. The minimum absolute atomic E-state index is 0.300. The summed E-state index contributed by atoms with van der Waals surface area (Å²) >= 11 is 0. The lowest BCUT2D eigenvalue weighted by Crippen LogP contribution is -2.34. The van der Waals surface area contributed by atoms with Crippen LogP contribution in [0.3, 0.4) is 0 Å². The quantitative estimate of drug-likeness (QED) is 0.447. The maximum atomic E-state index is 11.9. The highest BCUT2D eigenvalue weighted by atomic mass is 16.6. The first-order valence-electron chi connectivity index (χ1n) is 9.09. The maximum Gasteiger partial charge on any atom is 0.410 e. The monoisotopic (exact) mass is 380 g/mol. The van der Waals surface area contributed by atoms with Crippen molar-refractivity contribution in [3.8, 4) is 5.75 Å². The summed E-state index contributed by atoms with van der Waals surface area (Å²) in [6.07, 6.45) is 1.12. The molecule has 0 saturated carbocycles. The minimum Gasteiger partial charge on any atom is -0.491 e. The van der Waals surface area contributed by atoms with Crippen LogP contribution in [0.4, 0.5) is 16.2 Å². The zero-order valence-corrected chi connectivity index (χ0v) is 16.9. The Hall–Kier alpha value is -2.64. The van der Waals surface area contributed by atoms with Crippen LogP contribution in [-0.4, -0.2) is 49.2 Å². The summed E-state index contributed by atoms with van der Waals surface area (Å²) in [5, 5.41) is 3.13. The fraction of sp³-hybridized carbons (Fsp3) is 0.579. The van der Waals surface area contributed by atoms with E-state index in [0.29, 0.717) is 42.4 Å². The molecule has 0 unspecified atom stereocenters. The molecule has 1 rings (SSSR count). The number of unbranched alkanes of at least 4 members (excludes halogenated alkanes) is 1. The van der Waals surface area contributed by atoms with Gasteiger partial charge in [0.1, 0.15) is 17.0 Å². The van der Waals surface area contributed by atoms with E-state index >= 15 is 0 Å². The van der Waals surface area contributed by atoms with E-state index in [-0.39, 0.29) is 6.09 Å². The topological polar surface area (TPSA) is 120 Å². The molecular formula is C19H32N4O4. The number of amides is 2. The average Bonchev–Trinajstić information content (AvgIpc) is 2.55. The largest absolute Gasteiger partial charge is 0.491 e. The van der Waals surface area contributed by atoms with Crippen LogP contribution in [0.2, 0.25) is 0 Å². The Morgan fingerprint density at radius 3 is 2.44 bits per heavy atom. The molecule has 0 spiro atoms. The third kappa shape index (κ3) is 7.64. The molecule has 0 saturated heterocycles. The van der Waals surface area contributed by atoms with Crippen LogP contribution < -0.4 is 21.5 Å². The van der Waals surface area contributed by atoms with Gasteiger partial charge in [0.25, 0.3) is 0 Å². The van der Waals surface area contributed by atoms with E-state index in [0.717, 1.165) is 12.8 Å². The van der Waals surface area contributed by atoms with Gasteiger partial charge in [-0.15, -0.1) is 0 Å². The minimum atomic E-state index is -0.561. The van der Waals surface area contributed by atoms with E-state index in [4.69, 9.17) is 20.9 Å². The number of rotatable bonds is 9.